The normalized spacial score (nSPS) is 14.2. The number of amides is 1. The fourth-order valence-corrected chi connectivity index (χ4v) is 4.43. The molecule has 1 aliphatic rings. The highest BCUT2D eigenvalue weighted by atomic mass is 32.2. The molecular weight excluding hydrogens is 402 g/mol. The molecular formula is C18H17N3O5S2. The smallest absolute Gasteiger partial charge is 0.338 e. The number of carbonyl (C=O) groups is 2. The standard InChI is InChI=1S/C18H17N3O5S2/c1-2-26-17(23)12-7-9-13(10-8-12)19-16(22)11-27-18-20-14-5-3-4-6-15(14)28(24,25)21-18/h3-10H,2,11H2,1H3,(H,19,22)(H,20,21). The summed E-state index contributed by atoms with van der Waals surface area (Å²) in [6, 6.07) is 12.7. The molecule has 1 heterocycles. The van der Waals surface area contributed by atoms with Crippen molar-refractivity contribution in [2.75, 3.05) is 23.0 Å². The van der Waals surface area contributed by atoms with Crippen LogP contribution in [-0.4, -0.2) is 37.8 Å². The molecule has 0 bridgehead atoms. The van der Waals surface area contributed by atoms with Crippen LogP contribution in [0.3, 0.4) is 0 Å². The van der Waals surface area contributed by atoms with Crippen LogP contribution >= 0.6 is 11.8 Å². The quantitative estimate of drug-likeness (QED) is 0.716. The summed E-state index contributed by atoms with van der Waals surface area (Å²) in [5.41, 5.74) is 1.32. The highest BCUT2D eigenvalue weighted by molar-refractivity contribution is 8.15. The summed E-state index contributed by atoms with van der Waals surface area (Å²) in [5, 5.41) is 5.71. The van der Waals surface area contributed by atoms with E-state index >= 15 is 0 Å². The zero-order valence-corrected chi connectivity index (χ0v) is 16.5. The predicted molar refractivity (Wildman–Crippen MR) is 108 cm³/mol. The van der Waals surface area contributed by atoms with Crippen molar-refractivity contribution in [1.82, 2.24) is 0 Å². The van der Waals surface area contributed by atoms with Crippen LogP contribution in [0.25, 0.3) is 0 Å². The maximum atomic E-state index is 12.2. The monoisotopic (exact) mass is 419 g/mol. The van der Waals surface area contributed by atoms with Gasteiger partial charge in [-0.25, -0.2) is 4.79 Å². The van der Waals surface area contributed by atoms with E-state index < -0.39 is 16.0 Å². The first-order valence-corrected chi connectivity index (χ1v) is 10.7. The fraction of sp³-hybridized carbons (Fsp3) is 0.167. The number of anilines is 2. The van der Waals surface area contributed by atoms with Crippen LogP contribution < -0.4 is 10.6 Å². The number of carbonyl (C=O) groups excluding carboxylic acids is 2. The number of sulfonamides is 1. The van der Waals surface area contributed by atoms with Crippen molar-refractivity contribution in [1.29, 1.82) is 0 Å². The van der Waals surface area contributed by atoms with Gasteiger partial charge in [0.1, 0.15) is 4.90 Å². The first-order valence-electron chi connectivity index (χ1n) is 8.30. The molecule has 3 rings (SSSR count). The number of nitrogens with one attached hydrogen (secondary N) is 2. The molecule has 0 fully saturated rings. The molecule has 0 saturated heterocycles. The number of ether oxygens (including phenoxy) is 1. The highest BCUT2D eigenvalue weighted by Crippen LogP contribution is 2.29. The van der Waals surface area contributed by atoms with Gasteiger partial charge >= 0.3 is 5.97 Å². The van der Waals surface area contributed by atoms with Crippen molar-refractivity contribution in [2.45, 2.75) is 11.8 Å². The van der Waals surface area contributed by atoms with Gasteiger partial charge in [-0.05, 0) is 43.3 Å². The average molecular weight is 419 g/mol. The Hall–Kier alpha value is -2.85. The molecule has 0 atom stereocenters. The molecule has 1 aliphatic heterocycles. The lowest BCUT2D eigenvalue weighted by Gasteiger charge is -2.17. The van der Waals surface area contributed by atoms with Crippen LogP contribution in [0.5, 0.6) is 0 Å². The third kappa shape index (κ3) is 4.70. The average Bonchev–Trinajstić information content (AvgIpc) is 2.67. The summed E-state index contributed by atoms with van der Waals surface area (Å²) in [5.74, 6) is -0.808. The number of rotatable bonds is 5. The molecule has 2 N–H and O–H groups in total. The number of esters is 1. The zero-order valence-electron chi connectivity index (χ0n) is 14.8. The number of hydrogen-bond donors (Lipinski definition) is 2. The van der Waals surface area contributed by atoms with E-state index in [4.69, 9.17) is 4.74 Å². The first-order chi connectivity index (χ1) is 13.4. The molecule has 8 nitrogen and oxygen atoms in total. The van der Waals surface area contributed by atoms with Gasteiger partial charge in [0, 0.05) is 5.69 Å². The summed E-state index contributed by atoms with van der Waals surface area (Å²) < 4.78 is 32.9. The van der Waals surface area contributed by atoms with Crippen molar-refractivity contribution in [3.8, 4) is 0 Å². The molecule has 2 aromatic rings. The van der Waals surface area contributed by atoms with Gasteiger partial charge in [-0.1, -0.05) is 23.9 Å². The van der Waals surface area contributed by atoms with Gasteiger partial charge in [0.15, 0.2) is 5.17 Å². The summed E-state index contributed by atoms with van der Waals surface area (Å²) in [6.45, 7) is 2.01. The summed E-state index contributed by atoms with van der Waals surface area (Å²) in [6.07, 6.45) is 0. The van der Waals surface area contributed by atoms with Crippen molar-refractivity contribution < 1.29 is 22.7 Å². The number of benzene rings is 2. The number of para-hydroxylation sites is 1. The van der Waals surface area contributed by atoms with Crippen LogP contribution in [-0.2, 0) is 19.6 Å². The largest absolute Gasteiger partial charge is 0.462 e. The number of nitrogens with zero attached hydrogens (tertiary/aromatic N) is 1. The molecule has 1 amide bonds. The van der Waals surface area contributed by atoms with E-state index in [-0.39, 0.29) is 28.3 Å². The van der Waals surface area contributed by atoms with Crippen molar-refractivity contribution in [3.05, 3.63) is 54.1 Å². The van der Waals surface area contributed by atoms with Gasteiger partial charge in [-0.15, -0.1) is 4.40 Å². The minimum atomic E-state index is -3.79. The Labute approximate surface area is 166 Å². The fourth-order valence-electron chi connectivity index (χ4n) is 2.39. The number of fused-ring (bicyclic) bond motifs is 1. The predicted octanol–water partition coefficient (Wildman–Crippen LogP) is 2.71. The second-order valence-electron chi connectivity index (χ2n) is 5.63. The van der Waals surface area contributed by atoms with Crippen LogP contribution in [0.2, 0.25) is 0 Å². The van der Waals surface area contributed by atoms with Gasteiger partial charge < -0.3 is 15.4 Å². The Balaban J connectivity index is 1.58. The van der Waals surface area contributed by atoms with Gasteiger partial charge in [0.25, 0.3) is 10.0 Å². The topological polar surface area (TPSA) is 114 Å². The Morgan fingerprint density at radius 3 is 2.57 bits per heavy atom. The van der Waals surface area contributed by atoms with E-state index in [1.165, 1.54) is 6.07 Å². The highest BCUT2D eigenvalue weighted by Gasteiger charge is 2.24. The Morgan fingerprint density at radius 1 is 1.14 bits per heavy atom. The molecule has 0 radical (unpaired) electrons. The van der Waals surface area contributed by atoms with Crippen molar-refractivity contribution in [3.63, 3.8) is 0 Å². The summed E-state index contributed by atoms with van der Waals surface area (Å²) in [4.78, 5) is 23.8. The van der Waals surface area contributed by atoms with E-state index in [1.54, 1.807) is 49.4 Å². The summed E-state index contributed by atoms with van der Waals surface area (Å²) >= 11 is 0.979. The van der Waals surface area contributed by atoms with Gasteiger partial charge in [-0.3, -0.25) is 4.79 Å². The van der Waals surface area contributed by atoms with Gasteiger partial charge in [0.05, 0.1) is 23.6 Å². The molecule has 146 valence electrons. The van der Waals surface area contributed by atoms with Crippen LogP contribution in [0.4, 0.5) is 11.4 Å². The van der Waals surface area contributed by atoms with Crippen molar-refractivity contribution >= 4 is 50.2 Å². The maximum absolute atomic E-state index is 12.2. The Morgan fingerprint density at radius 2 is 1.86 bits per heavy atom. The first kappa shape index (κ1) is 19.9. The maximum Gasteiger partial charge on any atom is 0.338 e. The lowest BCUT2D eigenvalue weighted by molar-refractivity contribution is -0.113. The SMILES string of the molecule is CCOC(=O)c1ccc(NC(=O)CSC2=NS(=O)(=O)c3ccccc3N2)cc1. The number of thioether (sulfide) groups is 1. The third-order valence-corrected chi connectivity index (χ3v) is 5.95. The second kappa shape index (κ2) is 8.44. The molecule has 10 heteroatoms. The lowest BCUT2D eigenvalue weighted by Crippen LogP contribution is -2.22. The Bertz CT molecular complexity index is 1030. The van der Waals surface area contributed by atoms with Crippen molar-refractivity contribution in [2.24, 2.45) is 4.40 Å². The third-order valence-electron chi connectivity index (χ3n) is 3.63. The van der Waals surface area contributed by atoms with Crippen LogP contribution in [0.1, 0.15) is 17.3 Å². The van der Waals surface area contributed by atoms with E-state index in [0.29, 0.717) is 16.9 Å². The molecule has 0 aromatic heterocycles. The van der Waals surface area contributed by atoms with Gasteiger partial charge in [0.2, 0.25) is 5.91 Å². The number of amidine groups is 1. The molecule has 28 heavy (non-hydrogen) atoms. The molecule has 0 spiro atoms. The lowest BCUT2D eigenvalue weighted by atomic mass is 10.2. The second-order valence-corrected chi connectivity index (χ2v) is 8.16. The van der Waals surface area contributed by atoms with E-state index in [1.807, 2.05) is 0 Å². The van der Waals surface area contributed by atoms with Crippen LogP contribution in [0.15, 0.2) is 57.8 Å². The number of hydrogen-bond acceptors (Lipinski definition) is 7. The van der Waals surface area contributed by atoms with Gasteiger partial charge in [-0.2, -0.15) is 8.42 Å². The zero-order chi connectivity index (χ0) is 20.1. The molecule has 0 saturated carbocycles. The minimum Gasteiger partial charge on any atom is -0.462 e. The van der Waals surface area contributed by atoms with E-state index in [9.17, 15) is 18.0 Å². The van der Waals surface area contributed by atoms with E-state index in [0.717, 1.165) is 11.8 Å². The van der Waals surface area contributed by atoms with E-state index in [2.05, 4.69) is 15.0 Å². The van der Waals surface area contributed by atoms with Crippen LogP contribution in [0, 0.1) is 0 Å². The summed E-state index contributed by atoms with van der Waals surface area (Å²) in [7, 11) is -3.79. The molecule has 0 aliphatic carbocycles. The molecule has 0 unspecified atom stereocenters. The molecule has 2 aromatic carbocycles. The minimum absolute atomic E-state index is 0.0385. The Kier molecular flexibility index (Phi) is 6.00.